The van der Waals surface area contributed by atoms with Gasteiger partial charge in [-0.25, -0.2) is 0 Å². The van der Waals surface area contributed by atoms with Gasteiger partial charge in [-0.2, -0.15) is 0 Å². The van der Waals surface area contributed by atoms with E-state index in [0.29, 0.717) is 12.0 Å². The van der Waals surface area contributed by atoms with Crippen LogP contribution in [-0.2, 0) is 11.3 Å². The fourth-order valence-electron chi connectivity index (χ4n) is 2.54. The molecule has 1 unspecified atom stereocenters. The first kappa shape index (κ1) is 13.1. The Labute approximate surface area is 114 Å². The SMILES string of the molecule is CN(CCC1CCCCO1)Cc1nnc(C2CC2)o1. The monoisotopic (exact) mass is 265 g/mol. The van der Waals surface area contributed by atoms with Gasteiger partial charge in [0.05, 0.1) is 12.6 Å². The molecule has 0 radical (unpaired) electrons. The second-order valence-electron chi connectivity index (χ2n) is 5.82. The molecule has 5 heteroatoms. The van der Waals surface area contributed by atoms with Crippen LogP contribution in [0.3, 0.4) is 0 Å². The maximum absolute atomic E-state index is 5.74. The Morgan fingerprint density at radius 3 is 2.84 bits per heavy atom. The topological polar surface area (TPSA) is 51.4 Å². The summed E-state index contributed by atoms with van der Waals surface area (Å²) in [6.45, 7) is 2.70. The highest BCUT2D eigenvalue weighted by atomic mass is 16.5. The van der Waals surface area contributed by atoms with Gasteiger partial charge in [-0.3, -0.25) is 4.90 Å². The average Bonchev–Trinajstić information content (AvgIpc) is 3.19. The van der Waals surface area contributed by atoms with E-state index in [0.717, 1.165) is 37.9 Å². The maximum Gasteiger partial charge on any atom is 0.230 e. The molecule has 1 saturated heterocycles. The molecular weight excluding hydrogens is 242 g/mol. The van der Waals surface area contributed by atoms with Crippen LogP contribution in [0.1, 0.15) is 56.2 Å². The van der Waals surface area contributed by atoms with Crippen LogP contribution in [0.25, 0.3) is 0 Å². The number of nitrogens with zero attached hydrogens (tertiary/aromatic N) is 3. The van der Waals surface area contributed by atoms with Crippen LogP contribution in [0.15, 0.2) is 4.42 Å². The maximum atomic E-state index is 5.74. The number of rotatable bonds is 6. The number of hydrogen-bond acceptors (Lipinski definition) is 5. The largest absolute Gasteiger partial charge is 0.424 e. The molecule has 2 aliphatic rings. The van der Waals surface area contributed by atoms with E-state index >= 15 is 0 Å². The van der Waals surface area contributed by atoms with Crippen molar-refractivity contribution in [3.63, 3.8) is 0 Å². The molecule has 1 aliphatic carbocycles. The summed E-state index contributed by atoms with van der Waals surface area (Å²) in [5.41, 5.74) is 0. The molecule has 0 aromatic carbocycles. The molecule has 1 aromatic rings. The lowest BCUT2D eigenvalue weighted by Gasteiger charge is -2.24. The summed E-state index contributed by atoms with van der Waals surface area (Å²) in [4.78, 5) is 2.24. The quantitative estimate of drug-likeness (QED) is 0.790. The summed E-state index contributed by atoms with van der Waals surface area (Å²) in [5.74, 6) is 2.12. The van der Waals surface area contributed by atoms with Crippen LogP contribution >= 0.6 is 0 Å². The predicted molar refractivity (Wildman–Crippen MR) is 70.8 cm³/mol. The first-order valence-electron chi connectivity index (χ1n) is 7.43. The molecule has 1 atom stereocenters. The van der Waals surface area contributed by atoms with Gasteiger partial charge in [0.15, 0.2) is 0 Å². The molecule has 5 nitrogen and oxygen atoms in total. The zero-order valence-corrected chi connectivity index (χ0v) is 11.7. The van der Waals surface area contributed by atoms with Crippen molar-refractivity contribution in [3.8, 4) is 0 Å². The van der Waals surface area contributed by atoms with Crippen molar-refractivity contribution in [2.75, 3.05) is 20.2 Å². The van der Waals surface area contributed by atoms with E-state index in [-0.39, 0.29) is 0 Å². The molecule has 0 spiro atoms. The van der Waals surface area contributed by atoms with Gasteiger partial charge in [0.2, 0.25) is 11.8 Å². The van der Waals surface area contributed by atoms with Crippen molar-refractivity contribution in [3.05, 3.63) is 11.8 Å². The Hall–Kier alpha value is -0.940. The average molecular weight is 265 g/mol. The molecule has 0 bridgehead atoms. The Morgan fingerprint density at radius 1 is 1.21 bits per heavy atom. The zero-order chi connectivity index (χ0) is 13.1. The van der Waals surface area contributed by atoms with Crippen molar-refractivity contribution < 1.29 is 9.15 Å². The number of aromatic nitrogens is 2. The molecule has 1 saturated carbocycles. The standard InChI is InChI=1S/C14H23N3O2/c1-17(8-7-12-4-2-3-9-18-12)10-13-15-16-14(19-13)11-5-6-11/h11-12H,2-10H2,1H3. The third kappa shape index (κ3) is 3.76. The van der Waals surface area contributed by atoms with Crippen LogP contribution in [0.4, 0.5) is 0 Å². The van der Waals surface area contributed by atoms with E-state index in [1.807, 2.05) is 0 Å². The highest BCUT2D eigenvalue weighted by Gasteiger charge is 2.29. The Bertz CT molecular complexity index is 397. The van der Waals surface area contributed by atoms with Crippen LogP contribution < -0.4 is 0 Å². The van der Waals surface area contributed by atoms with E-state index in [4.69, 9.17) is 9.15 Å². The molecule has 2 fully saturated rings. The van der Waals surface area contributed by atoms with Crippen molar-refractivity contribution in [2.24, 2.45) is 0 Å². The van der Waals surface area contributed by atoms with Gasteiger partial charge in [-0.15, -0.1) is 10.2 Å². The smallest absolute Gasteiger partial charge is 0.230 e. The van der Waals surface area contributed by atoms with E-state index in [9.17, 15) is 0 Å². The Kier molecular flexibility index (Phi) is 4.13. The third-order valence-electron chi connectivity index (χ3n) is 3.92. The first-order valence-corrected chi connectivity index (χ1v) is 7.43. The molecule has 1 aliphatic heterocycles. The van der Waals surface area contributed by atoms with Gasteiger partial charge >= 0.3 is 0 Å². The number of hydrogen-bond donors (Lipinski definition) is 0. The first-order chi connectivity index (χ1) is 9.31. The van der Waals surface area contributed by atoms with E-state index in [2.05, 4.69) is 22.1 Å². The number of ether oxygens (including phenoxy) is 1. The molecule has 3 rings (SSSR count). The van der Waals surface area contributed by atoms with Gasteiger partial charge in [0.25, 0.3) is 0 Å². The highest BCUT2D eigenvalue weighted by Crippen LogP contribution is 2.39. The third-order valence-corrected chi connectivity index (χ3v) is 3.92. The minimum absolute atomic E-state index is 0.445. The van der Waals surface area contributed by atoms with Gasteiger partial charge in [0.1, 0.15) is 0 Å². The molecule has 106 valence electrons. The molecule has 2 heterocycles. The van der Waals surface area contributed by atoms with E-state index < -0.39 is 0 Å². The lowest BCUT2D eigenvalue weighted by molar-refractivity contribution is 0.00607. The molecule has 19 heavy (non-hydrogen) atoms. The van der Waals surface area contributed by atoms with Crippen molar-refractivity contribution in [1.29, 1.82) is 0 Å². The molecular formula is C14H23N3O2. The van der Waals surface area contributed by atoms with Gasteiger partial charge in [0, 0.05) is 19.1 Å². The predicted octanol–water partition coefficient (Wildman–Crippen LogP) is 2.34. The van der Waals surface area contributed by atoms with Crippen LogP contribution in [-0.4, -0.2) is 41.4 Å². The molecule has 1 aromatic heterocycles. The van der Waals surface area contributed by atoms with E-state index in [1.165, 1.54) is 32.1 Å². The van der Waals surface area contributed by atoms with Gasteiger partial charge < -0.3 is 9.15 Å². The summed E-state index contributed by atoms with van der Waals surface area (Å²) in [6.07, 6.45) is 7.69. The lowest BCUT2D eigenvalue weighted by Crippen LogP contribution is -2.26. The van der Waals surface area contributed by atoms with Crippen LogP contribution in [0, 0.1) is 0 Å². The minimum atomic E-state index is 0.445. The van der Waals surface area contributed by atoms with E-state index in [1.54, 1.807) is 0 Å². The zero-order valence-electron chi connectivity index (χ0n) is 11.7. The second-order valence-corrected chi connectivity index (χ2v) is 5.82. The summed E-state index contributed by atoms with van der Waals surface area (Å²) in [6, 6.07) is 0. The molecule has 0 N–H and O–H groups in total. The fraction of sp³-hybridized carbons (Fsp3) is 0.857. The van der Waals surface area contributed by atoms with Crippen molar-refractivity contribution in [2.45, 2.75) is 57.1 Å². The van der Waals surface area contributed by atoms with Crippen LogP contribution in [0.2, 0.25) is 0 Å². The summed E-state index contributed by atoms with van der Waals surface area (Å²) in [7, 11) is 2.10. The van der Waals surface area contributed by atoms with Crippen LogP contribution in [0.5, 0.6) is 0 Å². The molecule has 0 amide bonds. The highest BCUT2D eigenvalue weighted by molar-refractivity contribution is 5.00. The summed E-state index contributed by atoms with van der Waals surface area (Å²) < 4.78 is 11.4. The minimum Gasteiger partial charge on any atom is -0.424 e. The van der Waals surface area contributed by atoms with Gasteiger partial charge in [-0.1, -0.05) is 0 Å². The normalized spacial score (nSPS) is 24.0. The van der Waals surface area contributed by atoms with Gasteiger partial charge in [-0.05, 0) is 45.6 Å². The second kappa shape index (κ2) is 6.01. The van der Waals surface area contributed by atoms with Crippen molar-refractivity contribution in [1.82, 2.24) is 15.1 Å². The van der Waals surface area contributed by atoms with Crippen molar-refractivity contribution >= 4 is 0 Å². The summed E-state index contributed by atoms with van der Waals surface area (Å²) in [5, 5.41) is 8.24. The Morgan fingerprint density at radius 2 is 2.11 bits per heavy atom. The Balaban J connectivity index is 1.40. The summed E-state index contributed by atoms with van der Waals surface area (Å²) >= 11 is 0. The fourth-order valence-corrected chi connectivity index (χ4v) is 2.54. The lowest BCUT2D eigenvalue weighted by atomic mass is 10.1.